The molecule has 0 atom stereocenters. The van der Waals surface area contributed by atoms with Gasteiger partial charge in [0.25, 0.3) is 5.91 Å². The molecule has 0 bridgehead atoms. The Kier molecular flexibility index (Phi) is 9.02. The van der Waals surface area contributed by atoms with Gasteiger partial charge >= 0.3 is 5.97 Å². The van der Waals surface area contributed by atoms with Crippen LogP contribution in [-0.4, -0.2) is 18.5 Å². The predicted molar refractivity (Wildman–Crippen MR) is 142 cm³/mol. The average Bonchev–Trinajstić information content (AvgIpc) is 3.14. The topological polar surface area (TPSA) is 112 Å². The van der Waals surface area contributed by atoms with Gasteiger partial charge in [-0.15, -0.1) is 11.3 Å². The summed E-state index contributed by atoms with van der Waals surface area (Å²) in [6.45, 7) is 5.67. The Bertz CT molecular complexity index is 1430. The highest BCUT2D eigenvalue weighted by Gasteiger charge is 2.23. The second kappa shape index (κ2) is 12.2. The van der Waals surface area contributed by atoms with Crippen LogP contribution in [0, 0.1) is 36.5 Å². The number of nitrogens with one attached hydrogen (secondary N) is 1. The molecule has 36 heavy (non-hydrogen) atoms. The summed E-state index contributed by atoms with van der Waals surface area (Å²) in [5.41, 5.74) is 2.54. The maximum atomic E-state index is 13.0. The maximum Gasteiger partial charge on any atom is 0.341 e. The van der Waals surface area contributed by atoms with Crippen molar-refractivity contribution in [2.45, 2.75) is 27.4 Å². The minimum absolute atomic E-state index is 0.136. The Labute approximate surface area is 221 Å². The highest BCUT2D eigenvalue weighted by molar-refractivity contribution is 9.10. The molecule has 0 aliphatic carbocycles. The van der Waals surface area contributed by atoms with Crippen LogP contribution in [0.25, 0.3) is 6.08 Å². The molecule has 0 saturated heterocycles. The van der Waals surface area contributed by atoms with Crippen molar-refractivity contribution in [2.24, 2.45) is 0 Å². The summed E-state index contributed by atoms with van der Waals surface area (Å²) in [5, 5.41) is 22.1. The Morgan fingerprint density at radius 1 is 1.17 bits per heavy atom. The number of nitrogens with zero attached hydrogens (tertiary/aromatic N) is 2. The molecule has 0 saturated carbocycles. The normalized spacial score (nSPS) is 10.8. The number of anilines is 1. The smallest absolute Gasteiger partial charge is 0.341 e. The summed E-state index contributed by atoms with van der Waals surface area (Å²) in [6, 6.07) is 16.4. The lowest BCUT2D eigenvalue weighted by Gasteiger charge is -2.11. The standard InChI is InChI=1S/C27H22BrN3O4S/c1-4-34-27(33)24-16(2)17(3)36-26(24)31-25(32)21(14-30)11-20-12-22(28)9-10-23(20)35-15-19-8-6-5-7-18(19)13-29/h5-12H,4,15H2,1-3H3,(H,31,32)/b21-11+. The summed E-state index contributed by atoms with van der Waals surface area (Å²) in [6.07, 6.45) is 1.42. The van der Waals surface area contributed by atoms with Crippen LogP contribution in [0.1, 0.15) is 44.4 Å². The van der Waals surface area contributed by atoms with E-state index < -0.39 is 11.9 Å². The van der Waals surface area contributed by atoms with E-state index in [1.165, 1.54) is 17.4 Å². The van der Waals surface area contributed by atoms with Gasteiger partial charge in [-0.05, 0) is 56.7 Å². The fourth-order valence-corrected chi connectivity index (χ4v) is 4.74. The molecular weight excluding hydrogens is 542 g/mol. The molecule has 3 rings (SSSR count). The highest BCUT2D eigenvalue weighted by Crippen LogP contribution is 2.34. The number of esters is 1. The van der Waals surface area contributed by atoms with Crippen molar-refractivity contribution in [2.75, 3.05) is 11.9 Å². The zero-order valence-electron chi connectivity index (χ0n) is 19.8. The SMILES string of the molecule is CCOC(=O)c1c(NC(=O)/C(C#N)=C/c2cc(Br)ccc2OCc2ccccc2C#N)sc(C)c1C. The predicted octanol–water partition coefficient (Wildman–Crippen LogP) is 6.30. The largest absolute Gasteiger partial charge is 0.488 e. The molecule has 1 amide bonds. The molecule has 0 aliphatic rings. The number of halogens is 1. The van der Waals surface area contributed by atoms with E-state index in [1.54, 1.807) is 50.2 Å². The van der Waals surface area contributed by atoms with E-state index in [2.05, 4.69) is 27.3 Å². The van der Waals surface area contributed by atoms with E-state index in [1.807, 2.05) is 19.1 Å². The van der Waals surface area contributed by atoms with Gasteiger partial charge in [0.2, 0.25) is 0 Å². The Balaban J connectivity index is 1.90. The number of carbonyl (C=O) groups excluding carboxylic acids is 2. The molecule has 0 fully saturated rings. The van der Waals surface area contributed by atoms with Gasteiger partial charge in [0.1, 0.15) is 29.0 Å². The number of rotatable bonds is 8. The fraction of sp³-hybridized carbons (Fsp3) is 0.185. The van der Waals surface area contributed by atoms with Crippen LogP contribution in [0.2, 0.25) is 0 Å². The number of nitriles is 2. The molecule has 1 aromatic heterocycles. The van der Waals surface area contributed by atoms with Crippen LogP contribution in [0.4, 0.5) is 5.00 Å². The summed E-state index contributed by atoms with van der Waals surface area (Å²) in [7, 11) is 0. The van der Waals surface area contributed by atoms with Gasteiger partial charge in [-0.3, -0.25) is 4.79 Å². The zero-order chi connectivity index (χ0) is 26.2. The van der Waals surface area contributed by atoms with Crippen LogP contribution < -0.4 is 10.1 Å². The van der Waals surface area contributed by atoms with Crippen LogP contribution >= 0.6 is 27.3 Å². The molecule has 0 unspecified atom stereocenters. The van der Waals surface area contributed by atoms with Gasteiger partial charge in [0.05, 0.1) is 23.8 Å². The second-order valence-corrected chi connectivity index (χ2v) is 9.71. The lowest BCUT2D eigenvalue weighted by atomic mass is 10.1. The third-order valence-electron chi connectivity index (χ3n) is 5.25. The summed E-state index contributed by atoms with van der Waals surface area (Å²) >= 11 is 4.65. The van der Waals surface area contributed by atoms with Crippen LogP contribution in [0.3, 0.4) is 0 Å². The van der Waals surface area contributed by atoms with Crippen molar-refractivity contribution in [3.8, 4) is 17.9 Å². The first kappa shape index (κ1) is 26.7. The maximum absolute atomic E-state index is 13.0. The zero-order valence-corrected chi connectivity index (χ0v) is 22.2. The van der Waals surface area contributed by atoms with Gasteiger partial charge in [0.15, 0.2) is 0 Å². The van der Waals surface area contributed by atoms with Crippen LogP contribution in [0.15, 0.2) is 52.5 Å². The van der Waals surface area contributed by atoms with Crippen LogP contribution in [0.5, 0.6) is 5.75 Å². The molecule has 0 radical (unpaired) electrons. The Morgan fingerprint density at radius 3 is 2.61 bits per heavy atom. The number of thiophene rings is 1. The molecule has 7 nitrogen and oxygen atoms in total. The van der Waals surface area contributed by atoms with Gasteiger partial charge in [-0.2, -0.15) is 10.5 Å². The van der Waals surface area contributed by atoms with Gasteiger partial charge in [-0.1, -0.05) is 34.1 Å². The second-order valence-electron chi connectivity index (χ2n) is 7.57. The summed E-state index contributed by atoms with van der Waals surface area (Å²) in [4.78, 5) is 26.3. The van der Waals surface area contributed by atoms with Crippen molar-refractivity contribution < 1.29 is 19.1 Å². The van der Waals surface area contributed by atoms with Gasteiger partial charge < -0.3 is 14.8 Å². The van der Waals surface area contributed by atoms with E-state index in [-0.39, 0.29) is 24.4 Å². The number of ether oxygens (including phenoxy) is 2. The van der Waals surface area contributed by atoms with Crippen molar-refractivity contribution in [3.63, 3.8) is 0 Å². The number of benzene rings is 2. The lowest BCUT2D eigenvalue weighted by Crippen LogP contribution is -2.16. The number of hydrogen-bond acceptors (Lipinski definition) is 7. The quantitative estimate of drug-likeness (QED) is 0.195. The number of aryl methyl sites for hydroxylation is 1. The molecule has 2 aromatic carbocycles. The van der Waals surface area contributed by atoms with E-state index >= 15 is 0 Å². The number of hydrogen-bond donors (Lipinski definition) is 1. The molecule has 1 N–H and O–H groups in total. The summed E-state index contributed by atoms with van der Waals surface area (Å²) < 4.78 is 11.8. The first-order chi connectivity index (χ1) is 17.3. The monoisotopic (exact) mass is 563 g/mol. The lowest BCUT2D eigenvalue weighted by molar-refractivity contribution is -0.112. The minimum atomic E-state index is -0.662. The van der Waals surface area contributed by atoms with Gasteiger partial charge in [0, 0.05) is 20.5 Å². The third kappa shape index (κ3) is 6.19. The van der Waals surface area contributed by atoms with Crippen molar-refractivity contribution >= 4 is 50.2 Å². The molecule has 9 heteroatoms. The van der Waals surface area contributed by atoms with Crippen molar-refractivity contribution in [1.29, 1.82) is 10.5 Å². The summed E-state index contributed by atoms with van der Waals surface area (Å²) in [5.74, 6) is -0.760. The average molecular weight is 564 g/mol. The number of carbonyl (C=O) groups is 2. The van der Waals surface area contributed by atoms with E-state index in [0.717, 1.165) is 14.9 Å². The first-order valence-corrected chi connectivity index (χ1v) is 12.5. The number of amides is 1. The van der Waals surface area contributed by atoms with Crippen molar-refractivity contribution in [3.05, 3.63) is 85.2 Å². The highest BCUT2D eigenvalue weighted by atomic mass is 79.9. The molecule has 0 spiro atoms. The molecule has 182 valence electrons. The molecular formula is C27H22BrN3O4S. The van der Waals surface area contributed by atoms with E-state index in [4.69, 9.17) is 9.47 Å². The fourth-order valence-electron chi connectivity index (χ4n) is 3.31. The molecule has 0 aliphatic heterocycles. The Morgan fingerprint density at radius 2 is 1.92 bits per heavy atom. The van der Waals surface area contributed by atoms with E-state index in [0.29, 0.717) is 27.4 Å². The van der Waals surface area contributed by atoms with Crippen LogP contribution in [-0.2, 0) is 16.1 Å². The van der Waals surface area contributed by atoms with E-state index in [9.17, 15) is 20.1 Å². The minimum Gasteiger partial charge on any atom is -0.488 e. The molecule has 1 heterocycles. The van der Waals surface area contributed by atoms with Crippen molar-refractivity contribution in [1.82, 2.24) is 0 Å². The third-order valence-corrected chi connectivity index (χ3v) is 6.87. The Hall–Kier alpha value is -3.92. The van der Waals surface area contributed by atoms with Gasteiger partial charge in [-0.25, -0.2) is 4.79 Å². The molecule has 3 aromatic rings. The first-order valence-electron chi connectivity index (χ1n) is 10.9.